The molecule has 0 unspecified atom stereocenters. The summed E-state index contributed by atoms with van der Waals surface area (Å²) in [6.45, 7) is -1.86. The van der Waals surface area contributed by atoms with Crippen LogP contribution in [0.4, 0.5) is 0 Å². The third-order valence-electron chi connectivity index (χ3n) is 6.24. The Kier molecular flexibility index (Phi) is 10.2. The molecule has 2 aliphatic rings. The van der Waals surface area contributed by atoms with E-state index in [1.807, 2.05) is 0 Å². The van der Waals surface area contributed by atoms with Gasteiger partial charge in [-0.3, -0.25) is 0 Å². The van der Waals surface area contributed by atoms with Crippen molar-refractivity contribution in [2.75, 3.05) is 19.8 Å². The minimum absolute atomic E-state index is 0.113. The zero-order chi connectivity index (χ0) is 28.4. The highest BCUT2D eigenvalue weighted by molar-refractivity contribution is 7.90. The first-order chi connectivity index (χ1) is 17.7. The largest absolute Gasteiger partial charge is 0.394 e. The van der Waals surface area contributed by atoms with Crippen molar-refractivity contribution in [2.45, 2.75) is 71.9 Å². The van der Waals surface area contributed by atoms with E-state index in [1.165, 1.54) is 24.3 Å². The minimum atomic E-state index is -4.46. The third-order valence-corrected chi connectivity index (χ3v) is 8.77. The van der Waals surface area contributed by atoms with Gasteiger partial charge in [-0.05, 0) is 24.1 Å². The van der Waals surface area contributed by atoms with Gasteiger partial charge in [-0.1, -0.05) is 12.1 Å². The average molecular weight is 589 g/mol. The monoisotopic (exact) mass is 588 g/mol. The summed E-state index contributed by atoms with van der Waals surface area (Å²) in [5.41, 5.74) is -1.49. The van der Waals surface area contributed by atoms with Crippen molar-refractivity contribution in [3.63, 3.8) is 0 Å². The van der Waals surface area contributed by atoms with Crippen LogP contribution in [0.5, 0.6) is 0 Å². The van der Waals surface area contributed by atoms with Crippen molar-refractivity contribution < 1.29 is 66.8 Å². The molecule has 0 spiro atoms. The highest BCUT2D eigenvalue weighted by Gasteiger charge is 2.53. The summed E-state index contributed by atoms with van der Waals surface area (Å²) in [4.78, 5) is -0.120. The molecule has 10 atom stereocenters. The van der Waals surface area contributed by atoms with Crippen LogP contribution in [-0.2, 0) is 40.7 Å². The van der Waals surface area contributed by atoms with Gasteiger partial charge in [0.25, 0.3) is 0 Å². The summed E-state index contributed by atoms with van der Waals surface area (Å²) in [5, 5.41) is 75.2. The maximum atomic E-state index is 12.8. The highest BCUT2D eigenvalue weighted by Crippen LogP contribution is 2.30. The Morgan fingerprint density at radius 1 is 0.816 bits per heavy atom. The summed E-state index contributed by atoms with van der Waals surface area (Å²) in [5.74, 6) is 0. The van der Waals surface area contributed by atoms with Crippen LogP contribution in [0, 0.1) is 0 Å². The van der Waals surface area contributed by atoms with E-state index in [1.54, 1.807) is 0 Å². The molecule has 0 aromatic heterocycles. The quantitative estimate of drug-likeness (QED) is 0.123. The van der Waals surface area contributed by atoms with Gasteiger partial charge in [-0.25, -0.2) is 26.7 Å². The van der Waals surface area contributed by atoms with Crippen LogP contribution in [0.1, 0.15) is 5.56 Å². The van der Waals surface area contributed by atoms with Gasteiger partial charge in [0, 0.05) is 6.54 Å². The van der Waals surface area contributed by atoms with E-state index in [0.29, 0.717) is 5.56 Å². The summed E-state index contributed by atoms with van der Waals surface area (Å²) in [6, 6.07) is 5.38. The zero-order valence-corrected chi connectivity index (χ0v) is 21.4. The minimum Gasteiger partial charge on any atom is -0.394 e. The number of benzene rings is 1. The van der Waals surface area contributed by atoms with Crippen molar-refractivity contribution in [3.05, 3.63) is 29.8 Å². The number of nitrogens with one attached hydrogen (secondary N) is 1. The van der Waals surface area contributed by atoms with E-state index >= 15 is 0 Å². The zero-order valence-electron chi connectivity index (χ0n) is 19.8. The normalized spacial score (nSPS) is 36.7. The van der Waals surface area contributed by atoms with E-state index in [2.05, 4.69) is 4.72 Å². The fraction of sp³-hybridized carbons (Fsp3) is 0.700. The van der Waals surface area contributed by atoms with E-state index in [4.69, 9.17) is 19.3 Å². The number of sulfonamides is 2. The number of hydrogen-bond donors (Lipinski definition) is 9. The molecule has 2 heterocycles. The molecule has 2 aliphatic heterocycles. The van der Waals surface area contributed by atoms with Gasteiger partial charge in [0.2, 0.25) is 25.5 Å². The molecule has 0 saturated carbocycles. The van der Waals surface area contributed by atoms with Gasteiger partial charge < -0.3 is 50.0 Å². The Balaban J connectivity index is 1.65. The molecule has 0 radical (unpaired) electrons. The molecule has 2 fully saturated rings. The lowest BCUT2D eigenvalue weighted by atomic mass is 9.97. The standard InChI is InChI=1S/C20H32N2O14S2/c21-37(30,31)10-3-1-9(2-4-10)5-6-22-38(32,33)20-17(29)15(27)18(12(8-24)35-20)36-19-16(28)14(26)13(25)11(7-23)34-19/h1-4,11-20,22-29H,5-8H2,(H2,21,30,31)/t11-,12-,13+,14+,15-,16-,17-,18-,19+,20+/m1/s1. The average Bonchev–Trinajstić information content (AvgIpc) is 2.86. The van der Waals surface area contributed by atoms with Crippen molar-refractivity contribution in [1.29, 1.82) is 0 Å². The number of aliphatic hydroxyl groups excluding tert-OH is 7. The molecular formula is C20H32N2O14S2. The Hall–Kier alpha value is -1.36. The van der Waals surface area contributed by atoms with Gasteiger partial charge in [-0.15, -0.1) is 0 Å². The van der Waals surface area contributed by atoms with Crippen LogP contribution in [0.25, 0.3) is 0 Å². The second-order valence-corrected chi connectivity index (χ2v) is 12.3. The number of ether oxygens (including phenoxy) is 3. The molecule has 38 heavy (non-hydrogen) atoms. The van der Waals surface area contributed by atoms with Crippen LogP contribution in [-0.4, -0.2) is 133 Å². The maximum Gasteiger partial charge on any atom is 0.241 e. The number of hydrogen-bond acceptors (Lipinski definition) is 14. The molecule has 10 N–H and O–H groups in total. The summed E-state index contributed by atoms with van der Waals surface area (Å²) >= 11 is 0. The Labute approximate surface area is 218 Å². The van der Waals surface area contributed by atoms with Gasteiger partial charge in [0.05, 0.1) is 18.1 Å². The lowest BCUT2D eigenvalue weighted by molar-refractivity contribution is -0.338. The van der Waals surface area contributed by atoms with Crippen molar-refractivity contribution >= 4 is 20.0 Å². The van der Waals surface area contributed by atoms with Crippen molar-refractivity contribution in [2.24, 2.45) is 5.14 Å². The van der Waals surface area contributed by atoms with E-state index in [-0.39, 0.29) is 17.9 Å². The molecule has 218 valence electrons. The number of nitrogens with two attached hydrogens (primary N) is 1. The number of rotatable bonds is 10. The maximum absolute atomic E-state index is 12.8. The molecular weight excluding hydrogens is 556 g/mol. The second kappa shape index (κ2) is 12.4. The Morgan fingerprint density at radius 2 is 1.42 bits per heavy atom. The van der Waals surface area contributed by atoms with Crippen LogP contribution in [0.2, 0.25) is 0 Å². The first-order valence-electron chi connectivity index (χ1n) is 11.4. The first kappa shape index (κ1) is 31.2. The molecule has 1 aromatic rings. The molecule has 16 nitrogen and oxygen atoms in total. The summed E-state index contributed by atoms with van der Waals surface area (Å²) < 4.78 is 66.4. The van der Waals surface area contributed by atoms with Crippen LogP contribution < -0.4 is 9.86 Å². The smallest absolute Gasteiger partial charge is 0.241 e. The van der Waals surface area contributed by atoms with Gasteiger partial charge in [0.1, 0.15) is 48.8 Å². The van der Waals surface area contributed by atoms with Crippen molar-refractivity contribution in [3.8, 4) is 0 Å². The van der Waals surface area contributed by atoms with Gasteiger partial charge >= 0.3 is 0 Å². The van der Waals surface area contributed by atoms with Gasteiger partial charge in [0.15, 0.2) is 6.29 Å². The Bertz CT molecular complexity index is 1130. The third kappa shape index (κ3) is 6.85. The SMILES string of the molecule is NS(=O)(=O)c1ccc(CCNS(=O)(=O)[C@@H]2O[C@H](CO)[C@@H](O[C@@H]3O[C@H](CO)[C@H](O)[C@H](O)[C@H]3O)[C@H](O)[C@H]2O)cc1. The van der Waals surface area contributed by atoms with Crippen molar-refractivity contribution in [1.82, 2.24) is 4.72 Å². The van der Waals surface area contributed by atoms with Crippen LogP contribution in [0.3, 0.4) is 0 Å². The molecule has 18 heteroatoms. The molecule has 0 amide bonds. The molecule has 1 aromatic carbocycles. The second-order valence-electron chi connectivity index (χ2n) is 8.88. The predicted molar refractivity (Wildman–Crippen MR) is 125 cm³/mol. The van der Waals surface area contributed by atoms with E-state index in [0.717, 1.165) is 0 Å². The fourth-order valence-corrected chi connectivity index (χ4v) is 5.96. The lowest BCUT2D eigenvalue weighted by Crippen LogP contribution is -2.66. The highest BCUT2D eigenvalue weighted by atomic mass is 32.2. The molecule has 0 aliphatic carbocycles. The fourth-order valence-electron chi connectivity index (χ4n) is 4.08. The van der Waals surface area contributed by atoms with Gasteiger partial charge in [-0.2, -0.15) is 0 Å². The topological polar surface area (TPSA) is 276 Å². The lowest BCUT2D eigenvalue weighted by Gasteiger charge is -2.45. The van der Waals surface area contributed by atoms with E-state index in [9.17, 15) is 52.6 Å². The number of aliphatic hydroxyl groups is 7. The van der Waals surface area contributed by atoms with Crippen LogP contribution in [0.15, 0.2) is 29.2 Å². The molecule has 0 bridgehead atoms. The summed E-state index contributed by atoms with van der Waals surface area (Å²) in [6.07, 6.45) is -15.6. The summed E-state index contributed by atoms with van der Waals surface area (Å²) in [7, 11) is -8.35. The number of primary sulfonamides is 1. The van der Waals surface area contributed by atoms with E-state index < -0.39 is 93.8 Å². The predicted octanol–water partition coefficient (Wildman–Crippen LogP) is -5.58. The molecule has 3 rings (SSSR count). The Morgan fingerprint density at radius 3 is 1.97 bits per heavy atom. The van der Waals surface area contributed by atoms with Crippen LogP contribution >= 0.6 is 0 Å². The first-order valence-corrected chi connectivity index (χ1v) is 14.5. The molecule has 2 saturated heterocycles.